The summed E-state index contributed by atoms with van der Waals surface area (Å²) >= 11 is 0. The molecule has 0 aromatic rings. The second-order valence-electron chi connectivity index (χ2n) is 13.4. The normalized spacial score (nSPS) is 34.3. The van der Waals surface area contributed by atoms with Crippen LogP contribution in [-0.4, -0.2) is 59.4 Å². The zero-order chi connectivity index (χ0) is 31.4. The van der Waals surface area contributed by atoms with Gasteiger partial charge in [0.15, 0.2) is 18.0 Å². The summed E-state index contributed by atoms with van der Waals surface area (Å²) in [6.45, 7) is 7.60. The van der Waals surface area contributed by atoms with Crippen molar-refractivity contribution in [3.8, 4) is 0 Å². The average molecular weight is 600 g/mol. The number of ketones is 2. The van der Waals surface area contributed by atoms with Gasteiger partial charge in [0, 0.05) is 36.1 Å². The first-order chi connectivity index (χ1) is 20.4. The summed E-state index contributed by atoms with van der Waals surface area (Å²) in [5.41, 5.74) is -1.77. The molecule has 43 heavy (non-hydrogen) atoms. The fourth-order valence-corrected chi connectivity index (χ4v) is 8.63. The van der Waals surface area contributed by atoms with Crippen LogP contribution in [0.15, 0.2) is 23.8 Å². The fourth-order valence-electron chi connectivity index (χ4n) is 8.63. The van der Waals surface area contributed by atoms with Gasteiger partial charge in [0.2, 0.25) is 11.7 Å². The molecule has 4 aliphatic rings. The van der Waals surface area contributed by atoms with Gasteiger partial charge in [-0.1, -0.05) is 52.2 Å². The fraction of sp³-hybridized carbons (Fsp3) is 0.735. The Balaban J connectivity index is 1.53. The number of Topliss-reactive ketones (excluding diaryl/α,β-unsaturated/α-hetero) is 1. The number of carbonyl (C=O) groups is 5. The van der Waals surface area contributed by atoms with Gasteiger partial charge < -0.3 is 19.9 Å². The molecule has 0 bridgehead atoms. The number of hydrogen-bond donors (Lipinski definition) is 2. The lowest BCUT2D eigenvalue weighted by molar-refractivity contribution is -0.201. The van der Waals surface area contributed by atoms with Crippen LogP contribution < -0.4 is 5.32 Å². The number of hydrogen-bond acceptors (Lipinski definition) is 8. The molecule has 3 saturated carbocycles. The molecule has 0 spiro atoms. The first kappa shape index (κ1) is 33.1. The molecule has 2 N–H and O–H groups in total. The molecule has 0 aromatic carbocycles. The van der Waals surface area contributed by atoms with E-state index in [0.29, 0.717) is 25.7 Å². The number of rotatable bonds is 13. The number of carbonyl (C=O) groups excluding carboxylic acids is 5. The van der Waals surface area contributed by atoms with E-state index in [1.807, 2.05) is 26.8 Å². The van der Waals surface area contributed by atoms with Crippen LogP contribution in [0.3, 0.4) is 0 Å². The number of unbranched alkanes of at least 4 members (excludes halogenated alkanes) is 2. The van der Waals surface area contributed by atoms with Gasteiger partial charge in [0.05, 0.1) is 12.5 Å². The number of amides is 1. The molecule has 1 amide bonds. The third kappa shape index (κ3) is 6.38. The molecule has 4 aliphatic carbocycles. The van der Waals surface area contributed by atoms with Crippen LogP contribution in [0.5, 0.6) is 0 Å². The Hall–Kier alpha value is -2.81. The van der Waals surface area contributed by atoms with Crippen molar-refractivity contribution in [3.05, 3.63) is 23.8 Å². The van der Waals surface area contributed by atoms with E-state index in [4.69, 9.17) is 9.47 Å². The first-order valence-corrected chi connectivity index (χ1v) is 16.2. The van der Waals surface area contributed by atoms with Gasteiger partial charge in [0.1, 0.15) is 0 Å². The largest absolute Gasteiger partial charge is 0.457 e. The standard InChI is InChI=1S/C34H49NO8/c1-5-7-9-28(39)35-18-15-29(40)42-21-27(38)34(43-30(41)10-8-6-2)17-14-25-24-12-11-22-19-23(36)13-16-32(22,3)31(24)26(37)20-33(25,34)4/h13,16,19,24-26,31,37H,5-12,14-15,17-18,20-21H2,1-4H3,(H,35,39). The average Bonchev–Trinajstić information content (AvgIpc) is 3.25. The van der Waals surface area contributed by atoms with Gasteiger partial charge in [-0.05, 0) is 68.9 Å². The van der Waals surface area contributed by atoms with E-state index in [-0.39, 0.29) is 55.3 Å². The van der Waals surface area contributed by atoms with Crippen LogP contribution in [0.2, 0.25) is 0 Å². The highest BCUT2D eigenvalue weighted by molar-refractivity contribution is 6.01. The van der Waals surface area contributed by atoms with E-state index in [9.17, 15) is 29.1 Å². The minimum Gasteiger partial charge on any atom is -0.457 e. The molecular weight excluding hydrogens is 550 g/mol. The van der Waals surface area contributed by atoms with Crippen LogP contribution >= 0.6 is 0 Å². The maximum Gasteiger partial charge on any atom is 0.308 e. The van der Waals surface area contributed by atoms with Crippen molar-refractivity contribution in [1.29, 1.82) is 0 Å². The van der Waals surface area contributed by atoms with E-state index in [1.54, 1.807) is 12.2 Å². The highest BCUT2D eigenvalue weighted by atomic mass is 16.6. The predicted octanol–water partition coefficient (Wildman–Crippen LogP) is 4.55. The molecular formula is C34H49NO8. The summed E-state index contributed by atoms with van der Waals surface area (Å²) in [7, 11) is 0. The zero-order valence-corrected chi connectivity index (χ0v) is 26.2. The van der Waals surface area contributed by atoms with Crippen LogP contribution in [0.25, 0.3) is 0 Å². The van der Waals surface area contributed by atoms with E-state index in [2.05, 4.69) is 12.2 Å². The Morgan fingerprint density at radius 2 is 1.74 bits per heavy atom. The van der Waals surface area contributed by atoms with Crippen LogP contribution in [0.4, 0.5) is 0 Å². The quantitative estimate of drug-likeness (QED) is 0.295. The minimum atomic E-state index is -1.52. The van der Waals surface area contributed by atoms with Crippen molar-refractivity contribution in [3.63, 3.8) is 0 Å². The lowest BCUT2D eigenvalue weighted by Crippen LogP contribution is -2.63. The highest BCUT2D eigenvalue weighted by Gasteiger charge is 2.70. The number of fused-ring (bicyclic) bond motifs is 5. The van der Waals surface area contributed by atoms with Crippen LogP contribution in [0.1, 0.15) is 105 Å². The monoisotopic (exact) mass is 599 g/mol. The third-order valence-corrected chi connectivity index (χ3v) is 10.9. The molecule has 0 heterocycles. The summed E-state index contributed by atoms with van der Waals surface area (Å²) < 4.78 is 11.6. The summed E-state index contributed by atoms with van der Waals surface area (Å²) in [6, 6.07) is 0. The molecule has 7 atom stereocenters. The molecule has 9 heteroatoms. The van der Waals surface area contributed by atoms with Crippen molar-refractivity contribution >= 4 is 29.4 Å². The Morgan fingerprint density at radius 3 is 2.47 bits per heavy atom. The van der Waals surface area contributed by atoms with Gasteiger partial charge in [-0.25, -0.2) is 0 Å². The molecule has 7 unspecified atom stereocenters. The van der Waals surface area contributed by atoms with Crippen molar-refractivity contribution in [2.75, 3.05) is 13.2 Å². The van der Waals surface area contributed by atoms with E-state index >= 15 is 0 Å². The third-order valence-electron chi connectivity index (χ3n) is 10.9. The van der Waals surface area contributed by atoms with E-state index in [0.717, 1.165) is 37.7 Å². The van der Waals surface area contributed by atoms with Crippen molar-refractivity contribution in [2.45, 2.75) is 116 Å². The predicted molar refractivity (Wildman–Crippen MR) is 159 cm³/mol. The lowest BCUT2D eigenvalue weighted by atomic mass is 9.46. The molecule has 0 saturated heterocycles. The van der Waals surface area contributed by atoms with Crippen molar-refractivity contribution in [2.24, 2.45) is 28.6 Å². The maximum atomic E-state index is 14.1. The molecule has 3 fully saturated rings. The maximum absolute atomic E-state index is 14.1. The Bertz CT molecular complexity index is 1170. The molecule has 0 radical (unpaired) electrons. The number of ether oxygens (including phenoxy) is 2. The Kier molecular flexibility index (Phi) is 10.4. The number of allylic oxidation sites excluding steroid dienone is 4. The smallest absolute Gasteiger partial charge is 0.308 e. The minimum absolute atomic E-state index is 0.00210. The molecule has 9 nitrogen and oxygen atoms in total. The molecule has 0 aliphatic heterocycles. The van der Waals surface area contributed by atoms with Gasteiger partial charge in [0.25, 0.3) is 0 Å². The second kappa shape index (κ2) is 13.4. The molecule has 0 aromatic heterocycles. The topological polar surface area (TPSA) is 136 Å². The summed E-state index contributed by atoms with van der Waals surface area (Å²) in [5, 5.41) is 14.5. The Morgan fingerprint density at radius 1 is 1.02 bits per heavy atom. The molecule has 4 rings (SSSR count). The zero-order valence-electron chi connectivity index (χ0n) is 26.2. The van der Waals surface area contributed by atoms with Crippen LogP contribution in [0, 0.1) is 28.6 Å². The number of esters is 2. The number of aliphatic hydroxyl groups is 1. The number of aliphatic hydroxyl groups excluding tert-OH is 1. The number of nitrogens with one attached hydrogen (secondary N) is 1. The highest BCUT2D eigenvalue weighted by Crippen LogP contribution is 2.68. The Labute approximate surface area is 255 Å². The second-order valence-corrected chi connectivity index (χ2v) is 13.4. The van der Waals surface area contributed by atoms with Crippen molar-refractivity contribution < 1.29 is 38.6 Å². The van der Waals surface area contributed by atoms with Crippen LogP contribution in [-0.2, 0) is 33.4 Å². The van der Waals surface area contributed by atoms with Gasteiger partial charge in [-0.2, -0.15) is 0 Å². The van der Waals surface area contributed by atoms with Gasteiger partial charge >= 0.3 is 11.9 Å². The van der Waals surface area contributed by atoms with Crippen molar-refractivity contribution in [1.82, 2.24) is 5.32 Å². The molecule has 238 valence electrons. The van der Waals surface area contributed by atoms with E-state index < -0.39 is 46.9 Å². The SMILES string of the molecule is CCCCC(=O)NCCC(=O)OCC(=O)C1(OC(=O)CCCC)CCC2C3CCC4=CC(=O)C=CC4(C)C3C(O)CC21C. The van der Waals surface area contributed by atoms with E-state index in [1.165, 1.54) is 0 Å². The lowest BCUT2D eigenvalue weighted by Gasteiger charge is -2.59. The summed E-state index contributed by atoms with van der Waals surface area (Å²) in [5.74, 6) is -1.74. The van der Waals surface area contributed by atoms with Gasteiger partial charge in [-0.15, -0.1) is 0 Å². The first-order valence-electron chi connectivity index (χ1n) is 16.2. The summed E-state index contributed by atoms with van der Waals surface area (Å²) in [4.78, 5) is 63.7. The van der Waals surface area contributed by atoms with Gasteiger partial charge in [-0.3, -0.25) is 24.0 Å². The summed E-state index contributed by atoms with van der Waals surface area (Å²) in [6.07, 6.45) is 10.8.